The average Bonchev–Trinajstić information content (AvgIpc) is 3.30. The highest BCUT2D eigenvalue weighted by molar-refractivity contribution is 5.91. The van der Waals surface area contributed by atoms with Gasteiger partial charge >= 0.3 is 0 Å². The maximum absolute atomic E-state index is 12.6. The molecule has 24 heavy (non-hydrogen) atoms. The van der Waals surface area contributed by atoms with Gasteiger partial charge in [0, 0.05) is 36.6 Å². The first-order valence-corrected chi connectivity index (χ1v) is 8.35. The molecule has 0 bridgehead atoms. The number of hydrogen-bond donors (Lipinski definition) is 4. The zero-order chi connectivity index (χ0) is 16.5. The van der Waals surface area contributed by atoms with E-state index in [4.69, 9.17) is 0 Å². The number of amides is 2. The number of aromatic nitrogens is 1. The number of carbonyl (C=O) groups excluding carboxylic acids is 2. The molecule has 2 saturated heterocycles. The molecule has 1 aromatic carbocycles. The second kappa shape index (κ2) is 6.26. The summed E-state index contributed by atoms with van der Waals surface area (Å²) in [7, 11) is 0. The molecule has 7 heteroatoms. The van der Waals surface area contributed by atoms with Crippen LogP contribution in [0.4, 0.5) is 0 Å². The normalized spacial score (nSPS) is 24.0. The molecule has 0 aliphatic carbocycles. The second-order valence-electron chi connectivity index (χ2n) is 6.36. The maximum Gasteiger partial charge on any atom is 0.244 e. The van der Waals surface area contributed by atoms with Gasteiger partial charge < -0.3 is 15.2 Å². The van der Waals surface area contributed by atoms with Gasteiger partial charge in [0.05, 0.1) is 6.17 Å². The average molecular weight is 327 g/mol. The number of likely N-dealkylation sites (tertiary alicyclic amines) is 1. The summed E-state index contributed by atoms with van der Waals surface area (Å²) in [6.45, 7) is 1.28. The summed E-state index contributed by atoms with van der Waals surface area (Å²) in [5.41, 5.74) is 8.10. The fourth-order valence-electron chi connectivity index (χ4n) is 3.51. The molecule has 3 heterocycles. The Morgan fingerprint density at radius 3 is 3.00 bits per heavy atom. The molecule has 2 aliphatic heterocycles. The van der Waals surface area contributed by atoms with E-state index in [0.29, 0.717) is 19.4 Å². The third-order valence-electron chi connectivity index (χ3n) is 4.80. The monoisotopic (exact) mass is 327 g/mol. The predicted molar refractivity (Wildman–Crippen MR) is 89.6 cm³/mol. The Hall–Kier alpha value is -2.38. The second-order valence-corrected chi connectivity index (χ2v) is 6.36. The Labute approximate surface area is 139 Å². The summed E-state index contributed by atoms with van der Waals surface area (Å²) in [6.07, 6.45) is 3.70. The minimum absolute atomic E-state index is 0.0398. The van der Waals surface area contributed by atoms with Crippen molar-refractivity contribution in [1.29, 1.82) is 0 Å². The van der Waals surface area contributed by atoms with Gasteiger partial charge in [-0.15, -0.1) is 0 Å². The number of nitrogens with one attached hydrogen (secondary N) is 4. The molecule has 1 aromatic heterocycles. The number of aromatic amines is 1. The highest BCUT2D eigenvalue weighted by Gasteiger charge is 2.37. The third kappa shape index (κ3) is 2.76. The maximum atomic E-state index is 12.6. The first kappa shape index (κ1) is 15.2. The molecule has 0 saturated carbocycles. The number of benzene rings is 1. The summed E-state index contributed by atoms with van der Waals surface area (Å²) in [6, 6.07) is 7.60. The van der Waals surface area contributed by atoms with Crippen LogP contribution in [0.15, 0.2) is 30.5 Å². The van der Waals surface area contributed by atoms with Crippen molar-refractivity contribution in [2.45, 2.75) is 38.0 Å². The van der Waals surface area contributed by atoms with Crippen molar-refractivity contribution in [1.82, 2.24) is 26.1 Å². The van der Waals surface area contributed by atoms with Crippen LogP contribution in [-0.2, 0) is 16.1 Å². The topological polar surface area (TPSA) is 89.3 Å². The van der Waals surface area contributed by atoms with E-state index in [9.17, 15) is 9.59 Å². The molecular formula is C17H21N5O2. The molecule has 7 nitrogen and oxygen atoms in total. The Bertz CT molecular complexity index is 765. The predicted octanol–water partition coefficient (Wildman–Crippen LogP) is 0.599. The first-order chi connectivity index (χ1) is 11.7. The lowest BCUT2D eigenvalue weighted by molar-refractivity contribution is -0.136. The summed E-state index contributed by atoms with van der Waals surface area (Å²) in [5, 5.41) is 4.07. The van der Waals surface area contributed by atoms with E-state index in [1.54, 1.807) is 4.90 Å². The molecule has 4 N–H and O–H groups in total. The molecule has 2 aromatic rings. The Kier molecular flexibility index (Phi) is 3.95. The van der Waals surface area contributed by atoms with Crippen LogP contribution in [0.1, 0.15) is 24.8 Å². The van der Waals surface area contributed by atoms with Crippen LogP contribution in [0.5, 0.6) is 0 Å². The molecule has 2 aliphatic rings. The van der Waals surface area contributed by atoms with E-state index in [2.05, 4.69) is 21.2 Å². The van der Waals surface area contributed by atoms with Crippen LogP contribution in [0.3, 0.4) is 0 Å². The molecule has 0 radical (unpaired) electrons. The van der Waals surface area contributed by atoms with Gasteiger partial charge in [-0.2, -0.15) is 0 Å². The van der Waals surface area contributed by atoms with E-state index in [-0.39, 0.29) is 18.0 Å². The summed E-state index contributed by atoms with van der Waals surface area (Å²) in [4.78, 5) is 29.8. The SMILES string of the molecule is O=C(NC1CCNN1)C1CCC(=O)N1Cc1c[nH]c2ccccc12. The van der Waals surface area contributed by atoms with Crippen LogP contribution in [-0.4, -0.2) is 40.5 Å². The molecule has 2 fully saturated rings. The van der Waals surface area contributed by atoms with Crippen LogP contribution in [0.25, 0.3) is 10.9 Å². The van der Waals surface area contributed by atoms with Gasteiger partial charge in [0.1, 0.15) is 6.04 Å². The van der Waals surface area contributed by atoms with E-state index < -0.39 is 6.04 Å². The molecule has 4 rings (SSSR count). The largest absolute Gasteiger partial charge is 0.361 e. The fourth-order valence-corrected chi connectivity index (χ4v) is 3.51. The Morgan fingerprint density at radius 2 is 2.17 bits per heavy atom. The fraction of sp³-hybridized carbons (Fsp3) is 0.412. The van der Waals surface area contributed by atoms with E-state index in [1.807, 2.05) is 30.5 Å². The molecule has 2 amide bonds. The van der Waals surface area contributed by atoms with Crippen molar-refractivity contribution in [3.63, 3.8) is 0 Å². The van der Waals surface area contributed by atoms with Gasteiger partial charge in [0.25, 0.3) is 0 Å². The van der Waals surface area contributed by atoms with Gasteiger partial charge in [0.15, 0.2) is 0 Å². The number of H-pyrrole nitrogens is 1. The molecule has 126 valence electrons. The van der Waals surface area contributed by atoms with E-state index in [1.165, 1.54) is 0 Å². The number of carbonyl (C=O) groups is 2. The number of fused-ring (bicyclic) bond motifs is 1. The Morgan fingerprint density at radius 1 is 1.29 bits per heavy atom. The van der Waals surface area contributed by atoms with E-state index >= 15 is 0 Å². The third-order valence-corrected chi connectivity index (χ3v) is 4.80. The minimum atomic E-state index is -0.395. The highest BCUT2D eigenvalue weighted by Crippen LogP contribution is 2.25. The highest BCUT2D eigenvalue weighted by atomic mass is 16.2. The van der Waals surface area contributed by atoms with Crippen molar-refractivity contribution in [3.8, 4) is 0 Å². The quantitative estimate of drug-likeness (QED) is 0.662. The van der Waals surface area contributed by atoms with Crippen molar-refractivity contribution in [2.24, 2.45) is 0 Å². The zero-order valence-electron chi connectivity index (χ0n) is 13.3. The lowest BCUT2D eigenvalue weighted by Gasteiger charge is -2.25. The van der Waals surface area contributed by atoms with Crippen molar-refractivity contribution in [3.05, 3.63) is 36.0 Å². The lowest BCUT2D eigenvalue weighted by atomic mass is 10.1. The lowest BCUT2D eigenvalue weighted by Crippen LogP contribution is -2.51. The Balaban J connectivity index is 1.51. The van der Waals surface area contributed by atoms with Crippen LogP contribution in [0, 0.1) is 0 Å². The summed E-state index contributed by atoms with van der Waals surface area (Å²) < 4.78 is 0. The van der Waals surface area contributed by atoms with Gasteiger partial charge in [-0.1, -0.05) is 18.2 Å². The molecule has 2 atom stereocenters. The van der Waals surface area contributed by atoms with Crippen molar-refractivity contribution in [2.75, 3.05) is 6.54 Å². The van der Waals surface area contributed by atoms with Crippen LogP contribution < -0.4 is 16.2 Å². The smallest absolute Gasteiger partial charge is 0.244 e. The van der Waals surface area contributed by atoms with Gasteiger partial charge in [0.2, 0.25) is 11.8 Å². The van der Waals surface area contributed by atoms with E-state index in [0.717, 1.165) is 29.4 Å². The van der Waals surface area contributed by atoms with Gasteiger partial charge in [-0.3, -0.25) is 15.0 Å². The number of nitrogens with zero attached hydrogens (tertiary/aromatic N) is 1. The van der Waals surface area contributed by atoms with Gasteiger partial charge in [-0.05, 0) is 24.5 Å². The van der Waals surface area contributed by atoms with Gasteiger partial charge in [-0.25, -0.2) is 5.43 Å². The van der Waals surface area contributed by atoms with Crippen LogP contribution >= 0.6 is 0 Å². The first-order valence-electron chi connectivity index (χ1n) is 8.35. The van der Waals surface area contributed by atoms with Crippen LogP contribution in [0.2, 0.25) is 0 Å². The number of para-hydroxylation sites is 1. The molecular weight excluding hydrogens is 306 g/mol. The number of hydrazine groups is 1. The number of rotatable bonds is 4. The van der Waals surface area contributed by atoms with Crippen molar-refractivity contribution >= 4 is 22.7 Å². The minimum Gasteiger partial charge on any atom is -0.361 e. The molecule has 0 spiro atoms. The standard InChI is InChI=1S/C17H21N5O2/c23-16-6-5-14(17(24)20-15-7-8-19-21-15)22(16)10-11-9-18-13-4-2-1-3-12(11)13/h1-4,9,14-15,18-19,21H,5-8,10H2,(H,20,24). The zero-order valence-corrected chi connectivity index (χ0v) is 13.3. The summed E-state index contributed by atoms with van der Waals surface area (Å²) in [5.74, 6) is -0.0418. The number of hydrogen-bond acceptors (Lipinski definition) is 4. The summed E-state index contributed by atoms with van der Waals surface area (Å²) >= 11 is 0. The van der Waals surface area contributed by atoms with Crippen molar-refractivity contribution < 1.29 is 9.59 Å². The molecule has 2 unspecified atom stereocenters.